The zero-order valence-electron chi connectivity index (χ0n) is 14.1. The number of rotatable bonds is 4. The molecule has 7 heteroatoms. The van der Waals surface area contributed by atoms with E-state index in [1.54, 1.807) is 18.3 Å². The number of nitrogens with zero attached hydrogens (tertiary/aromatic N) is 1. The van der Waals surface area contributed by atoms with Crippen molar-refractivity contribution in [1.82, 2.24) is 4.98 Å². The van der Waals surface area contributed by atoms with Gasteiger partial charge in [0.1, 0.15) is 0 Å². The summed E-state index contributed by atoms with van der Waals surface area (Å²) in [5.41, 5.74) is 2.44. The maximum atomic E-state index is 12.5. The lowest BCUT2D eigenvalue weighted by molar-refractivity contribution is -0.125. The van der Waals surface area contributed by atoms with Gasteiger partial charge in [-0.2, -0.15) is 0 Å². The number of carbonyl (C=O) groups excluding carboxylic acids is 2. The van der Waals surface area contributed by atoms with Gasteiger partial charge in [-0.25, -0.2) is 9.78 Å². The normalized spacial score (nSPS) is 15.7. The standard InChI is InChI=1S/C20H15ClN2O3S/c21-14-7-5-12(6-8-14)9-15-11-22-20(27-15)23-18(24)17-10-13-3-1-2-4-16(13)19(25)26-17/h1-8,11,17H,9-10H2,(H,22,23,24). The van der Waals surface area contributed by atoms with Crippen molar-refractivity contribution >= 4 is 39.9 Å². The number of ether oxygens (including phenoxy) is 1. The van der Waals surface area contributed by atoms with Crippen molar-refractivity contribution in [2.45, 2.75) is 18.9 Å². The van der Waals surface area contributed by atoms with Crippen LogP contribution in [0, 0.1) is 0 Å². The van der Waals surface area contributed by atoms with Crippen molar-refractivity contribution in [2.75, 3.05) is 5.32 Å². The molecule has 0 radical (unpaired) electrons. The number of carbonyl (C=O) groups is 2. The van der Waals surface area contributed by atoms with Crippen molar-refractivity contribution in [3.05, 3.63) is 81.3 Å². The number of aromatic nitrogens is 1. The summed E-state index contributed by atoms with van der Waals surface area (Å²) in [5.74, 6) is -0.843. The van der Waals surface area contributed by atoms with Gasteiger partial charge in [-0.15, -0.1) is 11.3 Å². The number of hydrogen-bond acceptors (Lipinski definition) is 5. The molecule has 3 aromatic rings. The van der Waals surface area contributed by atoms with Crippen LogP contribution in [-0.2, 0) is 22.4 Å². The Morgan fingerprint density at radius 1 is 1.22 bits per heavy atom. The Morgan fingerprint density at radius 2 is 2.00 bits per heavy atom. The molecule has 1 amide bonds. The number of anilines is 1. The minimum absolute atomic E-state index is 0.358. The van der Waals surface area contributed by atoms with Gasteiger partial charge in [0, 0.05) is 28.9 Å². The number of amides is 1. The second kappa shape index (κ2) is 7.50. The lowest BCUT2D eigenvalue weighted by Gasteiger charge is -2.23. The Hall–Kier alpha value is -2.70. The Balaban J connectivity index is 1.41. The second-order valence-electron chi connectivity index (χ2n) is 6.18. The first-order chi connectivity index (χ1) is 13.1. The number of fused-ring (bicyclic) bond motifs is 1. The van der Waals surface area contributed by atoms with Gasteiger partial charge in [0.25, 0.3) is 5.91 Å². The number of cyclic esters (lactones) is 1. The van der Waals surface area contributed by atoms with Crippen LogP contribution in [-0.4, -0.2) is 23.0 Å². The predicted molar refractivity (Wildman–Crippen MR) is 104 cm³/mol. The van der Waals surface area contributed by atoms with Gasteiger partial charge >= 0.3 is 5.97 Å². The van der Waals surface area contributed by atoms with Crippen LogP contribution in [0.5, 0.6) is 0 Å². The molecule has 27 heavy (non-hydrogen) atoms. The van der Waals surface area contributed by atoms with Crippen molar-refractivity contribution in [3.8, 4) is 0 Å². The lowest BCUT2D eigenvalue weighted by atomic mass is 9.98. The summed E-state index contributed by atoms with van der Waals surface area (Å²) in [4.78, 5) is 29.8. The van der Waals surface area contributed by atoms with E-state index in [4.69, 9.17) is 16.3 Å². The van der Waals surface area contributed by atoms with Crippen LogP contribution in [0.4, 0.5) is 5.13 Å². The average molecular weight is 399 g/mol. The molecule has 1 atom stereocenters. The molecule has 0 bridgehead atoms. The summed E-state index contributed by atoms with van der Waals surface area (Å²) in [5, 5.41) is 3.93. The molecule has 1 aliphatic rings. The van der Waals surface area contributed by atoms with Crippen LogP contribution in [0.1, 0.15) is 26.4 Å². The summed E-state index contributed by atoms with van der Waals surface area (Å²) in [6.07, 6.45) is 1.95. The highest BCUT2D eigenvalue weighted by Crippen LogP contribution is 2.24. The van der Waals surface area contributed by atoms with Gasteiger partial charge in [-0.3, -0.25) is 10.1 Å². The van der Waals surface area contributed by atoms with E-state index in [0.717, 1.165) is 16.0 Å². The number of halogens is 1. The minimum atomic E-state index is -0.851. The summed E-state index contributed by atoms with van der Waals surface area (Å²) in [6, 6.07) is 14.8. The minimum Gasteiger partial charge on any atom is -0.448 e. The SMILES string of the molecule is O=C1OC(C(=O)Nc2ncc(Cc3ccc(Cl)cc3)s2)Cc2ccccc21. The topological polar surface area (TPSA) is 68.3 Å². The van der Waals surface area contributed by atoms with E-state index in [1.165, 1.54) is 11.3 Å². The van der Waals surface area contributed by atoms with E-state index in [0.29, 0.717) is 28.6 Å². The first kappa shape index (κ1) is 17.7. The van der Waals surface area contributed by atoms with E-state index in [-0.39, 0.29) is 5.91 Å². The molecule has 4 rings (SSSR count). The summed E-state index contributed by atoms with van der Waals surface area (Å²) < 4.78 is 5.27. The van der Waals surface area contributed by atoms with Gasteiger partial charge in [0.15, 0.2) is 11.2 Å². The Kier molecular flexibility index (Phi) is 4.92. The first-order valence-electron chi connectivity index (χ1n) is 8.37. The van der Waals surface area contributed by atoms with Crippen molar-refractivity contribution < 1.29 is 14.3 Å². The molecule has 0 fully saturated rings. The zero-order valence-corrected chi connectivity index (χ0v) is 15.7. The largest absolute Gasteiger partial charge is 0.448 e. The highest BCUT2D eigenvalue weighted by Gasteiger charge is 2.31. The van der Waals surface area contributed by atoms with Crippen LogP contribution in [0.15, 0.2) is 54.7 Å². The molecule has 0 saturated heterocycles. The molecule has 0 spiro atoms. The van der Waals surface area contributed by atoms with Crippen LogP contribution in [0.25, 0.3) is 0 Å². The van der Waals surface area contributed by atoms with E-state index < -0.39 is 12.1 Å². The van der Waals surface area contributed by atoms with E-state index >= 15 is 0 Å². The van der Waals surface area contributed by atoms with Crippen LogP contribution in [0.3, 0.4) is 0 Å². The smallest absolute Gasteiger partial charge is 0.339 e. The fourth-order valence-electron chi connectivity index (χ4n) is 2.91. The molecule has 2 aromatic carbocycles. The van der Waals surface area contributed by atoms with E-state index in [2.05, 4.69) is 10.3 Å². The number of hydrogen-bond donors (Lipinski definition) is 1. The Morgan fingerprint density at radius 3 is 2.81 bits per heavy atom. The highest BCUT2D eigenvalue weighted by molar-refractivity contribution is 7.15. The average Bonchev–Trinajstić information content (AvgIpc) is 3.10. The van der Waals surface area contributed by atoms with E-state index in [1.807, 2.05) is 36.4 Å². The zero-order chi connectivity index (χ0) is 18.8. The highest BCUT2D eigenvalue weighted by atomic mass is 35.5. The lowest BCUT2D eigenvalue weighted by Crippen LogP contribution is -2.37. The summed E-state index contributed by atoms with van der Waals surface area (Å²) in [6.45, 7) is 0. The van der Waals surface area contributed by atoms with Crippen molar-refractivity contribution in [3.63, 3.8) is 0 Å². The quantitative estimate of drug-likeness (QED) is 0.671. The van der Waals surface area contributed by atoms with Crippen LogP contribution < -0.4 is 5.32 Å². The molecule has 2 heterocycles. The fourth-order valence-corrected chi connectivity index (χ4v) is 3.89. The molecule has 1 aliphatic heterocycles. The predicted octanol–water partition coefficient (Wildman–Crippen LogP) is 4.11. The van der Waals surface area contributed by atoms with Gasteiger partial charge < -0.3 is 4.74 Å². The molecule has 0 saturated carbocycles. The Bertz CT molecular complexity index is 1000. The monoisotopic (exact) mass is 398 g/mol. The third-order valence-electron chi connectivity index (χ3n) is 4.26. The summed E-state index contributed by atoms with van der Waals surface area (Å²) in [7, 11) is 0. The number of esters is 1. The van der Waals surface area contributed by atoms with Gasteiger partial charge in [-0.05, 0) is 29.3 Å². The van der Waals surface area contributed by atoms with Gasteiger partial charge in [0.2, 0.25) is 0 Å². The molecule has 136 valence electrons. The second-order valence-corrected chi connectivity index (χ2v) is 7.73. The third-order valence-corrected chi connectivity index (χ3v) is 5.42. The van der Waals surface area contributed by atoms with Crippen LogP contribution >= 0.6 is 22.9 Å². The molecule has 5 nitrogen and oxygen atoms in total. The first-order valence-corrected chi connectivity index (χ1v) is 9.57. The Labute approximate surface area is 165 Å². The molecular weight excluding hydrogens is 384 g/mol. The molecule has 0 aliphatic carbocycles. The molecule has 1 aromatic heterocycles. The fraction of sp³-hybridized carbons (Fsp3) is 0.150. The maximum Gasteiger partial charge on any atom is 0.339 e. The molecule has 1 N–H and O–H groups in total. The van der Waals surface area contributed by atoms with Gasteiger partial charge in [0.05, 0.1) is 5.56 Å². The molecule has 1 unspecified atom stereocenters. The number of thiazole rings is 1. The number of nitrogens with one attached hydrogen (secondary N) is 1. The third kappa shape index (κ3) is 4.02. The summed E-state index contributed by atoms with van der Waals surface area (Å²) >= 11 is 7.29. The van der Waals surface area contributed by atoms with Crippen molar-refractivity contribution in [2.24, 2.45) is 0 Å². The van der Waals surface area contributed by atoms with E-state index in [9.17, 15) is 9.59 Å². The number of benzene rings is 2. The maximum absolute atomic E-state index is 12.5. The molecular formula is C20H15ClN2O3S. The van der Waals surface area contributed by atoms with Crippen molar-refractivity contribution in [1.29, 1.82) is 0 Å². The van der Waals surface area contributed by atoms with Gasteiger partial charge in [-0.1, -0.05) is 41.9 Å². The van der Waals surface area contributed by atoms with Crippen LogP contribution in [0.2, 0.25) is 5.02 Å².